The van der Waals surface area contributed by atoms with Gasteiger partial charge in [0, 0.05) is 19.7 Å². The molecule has 1 aliphatic carbocycles. The summed E-state index contributed by atoms with van der Waals surface area (Å²) < 4.78 is 11.3. The first-order chi connectivity index (χ1) is 9.85. The summed E-state index contributed by atoms with van der Waals surface area (Å²) in [6, 6.07) is 15.2. The zero-order valence-corrected chi connectivity index (χ0v) is 11.8. The van der Waals surface area contributed by atoms with Crippen molar-refractivity contribution in [2.45, 2.75) is 25.0 Å². The van der Waals surface area contributed by atoms with Gasteiger partial charge in [0.25, 0.3) is 0 Å². The number of hydrogen-bond acceptors (Lipinski definition) is 3. The highest BCUT2D eigenvalue weighted by Crippen LogP contribution is 2.22. The first-order valence-electron chi connectivity index (χ1n) is 7.23. The molecule has 0 bridgehead atoms. The molecular weight excluding hydrogens is 250 g/mol. The Morgan fingerprint density at radius 3 is 2.70 bits per heavy atom. The van der Waals surface area contributed by atoms with E-state index in [1.807, 2.05) is 12.1 Å². The minimum absolute atomic E-state index is 0.0572. The molecule has 0 aliphatic heterocycles. The van der Waals surface area contributed by atoms with Gasteiger partial charge in [0.1, 0.15) is 11.9 Å². The van der Waals surface area contributed by atoms with Crippen LogP contribution in [-0.4, -0.2) is 32.4 Å². The molecule has 0 spiro atoms. The highest BCUT2D eigenvalue weighted by atomic mass is 16.5. The number of ether oxygens (including phenoxy) is 2. The van der Waals surface area contributed by atoms with E-state index in [0.717, 1.165) is 12.3 Å². The zero-order valence-electron chi connectivity index (χ0n) is 11.8. The average Bonchev–Trinajstić information content (AvgIpc) is 3.29. The second-order valence-corrected chi connectivity index (χ2v) is 5.39. The lowest BCUT2D eigenvalue weighted by Gasteiger charge is -2.19. The lowest BCUT2D eigenvalue weighted by molar-refractivity contribution is 0.0805. The predicted molar refractivity (Wildman–Crippen MR) is 81.3 cm³/mol. The van der Waals surface area contributed by atoms with Crippen LogP contribution in [0.3, 0.4) is 0 Å². The van der Waals surface area contributed by atoms with Gasteiger partial charge in [-0.15, -0.1) is 0 Å². The number of hydrogen-bond donors (Lipinski definition) is 1. The predicted octanol–water partition coefficient (Wildman–Crippen LogP) is 2.99. The molecule has 1 N–H and O–H groups in total. The topological polar surface area (TPSA) is 30.5 Å². The van der Waals surface area contributed by atoms with Crippen molar-refractivity contribution in [2.24, 2.45) is 0 Å². The highest BCUT2D eigenvalue weighted by molar-refractivity contribution is 5.83. The van der Waals surface area contributed by atoms with E-state index in [1.165, 1.54) is 23.6 Å². The number of methoxy groups -OCH3 is 1. The number of nitrogens with one attached hydrogen (secondary N) is 1. The van der Waals surface area contributed by atoms with Crippen LogP contribution in [0, 0.1) is 0 Å². The molecule has 20 heavy (non-hydrogen) atoms. The maximum atomic E-state index is 6.05. The van der Waals surface area contributed by atoms with E-state index in [0.29, 0.717) is 12.6 Å². The standard InChI is InChI=1S/C17H21NO2/c1-19-12-17(11-18-15-7-8-15)20-16-9-6-13-4-2-3-5-14(13)10-16/h2-6,9-10,15,17-18H,7-8,11-12H2,1H3. The monoisotopic (exact) mass is 271 g/mol. The van der Waals surface area contributed by atoms with Crippen molar-refractivity contribution in [1.29, 1.82) is 0 Å². The molecule has 106 valence electrons. The third-order valence-electron chi connectivity index (χ3n) is 3.59. The molecule has 1 saturated carbocycles. The van der Waals surface area contributed by atoms with E-state index in [1.54, 1.807) is 7.11 Å². The first kappa shape index (κ1) is 13.4. The molecule has 0 saturated heterocycles. The molecule has 1 aliphatic rings. The van der Waals surface area contributed by atoms with Crippen LogP contribution in [0.4, 0.5) is 0 Å². The van der Waals surface area contributed by atoms with Crippen LogP contribution in [0.15, 0.2) is 42.5 Å². The fraction of sp³-hybridized carbons (Fsp3) is 0.412. The normalized spacial score (nSPS) is 16.2. The molecular formula is C17H21NO2. The maximum Gasteiger partial charge on any atom is 0.134 e. The second kappa shape index (κ2) is 6.25. The minimum atomic E-state index is 0.0572. The Kier molecular flexibility index (Phi) is 4.19. The average molecular weight is 271 g/mol. The summed E-state index contributed by atoms with van der Waals surface area (Å²) in [5.41, 5.74) is 0. The van der Waals surface area contributed by atoms with Crippen molar-refractivity contribution < 1.29 is 9.47 Å². The van der Waals surface area contributed by atoms with Gasteiger partial charge in [0.15, 0.2) is 0 Å². The first-order valence-corrected chi connectivity index (χ1v) is 7.23. The molecule has 0 radical (unpaired) electrons. The Labute approximate surface area is 119 Å². The lowest BCUT2D eigenvalue weighted by Crippen LogP contribution is -2.35. The van der Waals surface area contributed by atoms with Gasteiger partial charge in [-0.1, -0.05) is 30.3 Å². The van der Waals surface area contributed by atoms with E-state index < -0.39 is 0 Å². The molecule has 3 nitrogen and oxygen atoms in total. The van der Waals surface area contributed by atoms with Crippen LogP contribution in [-0.2, 0) is 4.74 Å². The Balaban J connectivity index is 1.67. The highest BCUT2D eigenvalue weighted by Gasteiger charge is 2.22. The van der Waals surface area contributed by atoms with Crippen molar-refractivity contribution in [3.05, 3.63) is 42.5 Å². The summed E-state index contributed by atoms with van der Waals surface area (Å²) in [6.07, 6.45) is 2.63. The van der Waals surface area contributed by atoms with Crippen molar-refractivity contribution in [3.8, 4) is 5.75 Å². The molecule has 2 aromatic carbocycles. The van der Waals surface area contributed by atoms with Crippen LogP contribution in [0.5, 0.6) is 5.75 Å². The quantitative estimate of drug-likeness (QED) is 0.839. The van der Waals surface area contributed by atoms with Gasteiger partial charge in [-0.25, -0.2) is 0 Å². The summed E-state index contributed by atoms with van der Waals surface area (Å²) in [5, 5.41) is 5.93. The van der Waals surface area contributed by atoms with Gasteiger partial charge < -0.3 is 14.8 Å². The summed E-state index contributed by atoms with van der Waals surface area (Å²) in [7, 11) is 1.72. The molecule has 1 unspecified atom stereocenters. The van der Waals surface area contributed by atoms with Crippen molar-refractivity contribution in [1.82, 2.24) is 5.32 Å². The smallest absolute Gasteiger partial charge is 0.134 e. The van der Waals surface area contributed by atoms with Crippen LogP contribution >= 0.6 is 0 Å². The van der Waals surface area contributed by atoms with E-state index in [-0.39, 0.29) is 6.10 Å². The molecule has 2 aromatic rings. The Morgan fingerprint density at radius 1 is 1.15 bits per heavy atom. The van der Waals surface area contributed by atoms with E-state index in [9.17, 15) is 0 Å². The van der Waals surface area contributed by atoms with Crippen LogP contribution in [0.1, 0.15) is 12.8 Å². The minimum Gasteiger partial charge on any atom is -0.487 e. The fourth-order valence-electron chi connectivity index (χ4n) is 2.34. The van der Waals surface area contributed by atoms with Crippen LogP contribution in [0.2, 0.25) is 0 Å². The van der Waals surface area contributed by atoms with Crippen molar-refractivity contribution in [3.63, 3.8) is 0 Å². The second-order valence-electron chi connectivity index (χ2n) is 5.39. The van der Waals surface area contributed by atoms with Crippen LogP contribution in [0.25, 0.3) is 10.8 Å². The Morgan fingerprint density at radius 2 is 1.95 bits per heavy atom. The van der Waals surface area contributed by atoms with E-state index in [2.05, 4.69) is 35.6 Å². The summed E-state index contributed by atoms with van der Waals surface area (Å²) in [4.78, 5) is 0. The molecule has 0 heterocycles. The third kappa shape index (κ3) is 3.50. The van der Waals surface area contributed by atoms with E-state index >= 15 is 0 Å². The van der Waals surface area contributed by atoms with E-state index in [4.69, 9.17) is 9.47 Å². The molecule has 0 aromatic heterocycles. The molecule has 1 fully saturated rings. The SMILES string of the molecule is COCC(CNC1CC1)Oc1ccc2ccccc2c1. The number of benzene rings is 2. The number of rotatable bonds is 7. The summed E-state index contributed by atoms with van der Waals surface area (Å²) in [6.45, 7) is 1.44. The van der Waals surface area contributed by atoms with Gasteiger partial charge in [0.2, 0.25) is 0 Å². The zero-order chi connectivity index (χ0) is 13.8. The van der Waals surface area contributed by atoms with Gasteiger partial charge in [-0.2, -0.15) is 0 Å². The lowest BCUT2D eigenvalue weighted by atomic mass is 10.1. The molecule has 3 heteroatoms. The Bertz CT molecular complexity index is 566. The van der Waals surface area contributed by atoms with Gasteiger partial charge in [0.05, 0.1) is 6.61 Å². The van der Waals surface area contributed by atoms with Crippen molar-refractivity contribution in [2.75, 3.05) is 20.3 Å². The largest absolute Gasteiger partial charge is 0.487 e. The molecule has 3 rings (SSSR count). The summed E-state index contributed by atoms with van der Waals surface area (Å²) >= 11 is 0. The maximum absolute atomic E-state index is 6.05. The molecule has 0 amide bonds. The van der Waals surface area contributed by atoms with Gasteiger partial charge in [-0.05, 0) is 35.7 Å². The van der Waals surface area contributed by atoms with Gasteiger partial charge >= 0.3 is 0 Å². The van der Waals surface area contributed by atoms with Crippen LogP contribution < -0.4 is 10.1 Å². The third-order valence-corrected chi connectivity index (χ3v) is 3.59. The summed E-state index contributed by atoms with van der Waals surface area (Å²) in [5.74, 6) is 0.906. The Hall–Kier alpha value is -1.58. The van der Waals surface area contributed by atoms with Gasteiger partial charge in [-0.3, -0.25) is 0 Å². The van der Waals surface area contributed by atoms with Crippen molar-refractivity contribution >= 4 is 10.8 Å². The fourth-order valence-corrected chi connectivity index (χ4v) is 2.34. The molecule has 1 atom stereocenters. The number of fused-ring (bicyclic) bond motifs is 1.